The first kappa shape index (κ1) is 18.9. The number of quaternary nitrogens is 1. The van der Waals surface area contributed by atoms with Crippen LogP contribution in [0.1, 0.15) is 36.5 Å². The summed E-state index contributed by atoms with van der Waals surface area (Å²) < 4.78 is 4.69. The molecule has 1 unspecified atom stereocenters. The molecule has 1 saturated carbocycles. The lowest BCUT2D eigenvalue weighted by Crippen LogP contribution is -2.47. The number of carboxylic acids is 1. The standard InChI is InChI=1S/C20H25N3O5/c1-11-7-12(21)9-22(8-11)16-6-5-14-17(19(16)28-2)23(27,13-3-4-13)10-15(18(14)24)20(25)26/h5-6,10-13H,3-4,7-9,21H2,1-2H3,(H,25,26)/t11-,12-,23?/m0/s1. The lowest BCUT2D eigenvalue weighted by atomic mass is 9.93. The Morgan fingerprint density at radius 3 is 2.64 bits per heavy atom. The summed E-state index contributed by atoms with van der Waals surface area (Å²) in [6.45, 7) is 3.53. The number of nitrogens with two attached hydrogens (primary N) is 1. The number of rotatable bonds is 4. The van der Waals surface area contributed by atoms with Crippen molar-refractivity contribution in [2.75, 3.05) is 25.1 Å². The highest BCUT2D eigenvalue weighted by molar-refractivity contribution is 6.27. The molecule has 0 spiro atoms. The summed E-state index contributed by atoms with van der Waals surface area (Å²) in [6, 6.07) is 3.01. The maximum Gasteiger partial charge on any atom is 0.345 e. The normalized spacial score (nSPS) is 29.9. The molecule has 8 nitrogen and oxygen atoms in total. The van der Waals surface area contributed by atoms with E-state index in [0.29, 0.717) is 31.1 Å². The zero-order valence-corrected chi connectivity index (χ0v) is 16.1. The Hall–Kier alpha value is -2.42. The van der Waals surface area contributed by atoms with E-state index in [9.17, 15) is 19.9 Å². The Kier molecular flexibility index (Phi) is 4.45. The van der Waals surface area contributed by atoms with Crippen LogP contribution in [0.5, 0.6) is 5.75 Å². The van der Waals surface area contributed by atoms with Crippen molar-refractivity contribution in [1.29, 1.82) is 0 Å². The molecule has 28 heavy (non-hydrogen) atoms. The van der Waals surface area contributed by atoms with E-state index in [1.54, 1.807) is 12.1 Å². The molecule has 2 heterocycles. The van der Waals surface area contributed by atoms with Crippen LogP contribution in [0.4, 0.5) is 11.4 Å². The van der Waals surface area contributed by atoms with Crippen LogP contribution in [-0.4, -0.2) is 49.1 Å². The molecule has 8 heteroatoms. The Labute approximate surface area is 163 Å². The van der Waals surface area contributed by atoms with Gasteiger partial charge in [0.05, 0.1) is 24.4 Å². The monoisotopic (exact) mass is 387 g/mol. The summed E-state index contributed by atoms with van der Waals surface area (Å²) in [6.07, 6.45) is 3.33. The molecule has 0 radical (unpaired) electrons. The van der Waals surface area contributed by atoms with Gasteiger partial charge < -0.3 is 25.7 Å². The largest absolute Gasteiger partial charge is 0.622 e. The average molecular weight is 387 g/mol. The molecule has 4 rings (SSSR count). The van der Waals surface area contributed by atoms with Crippen molar-refractivity contribution in [3.63, 3.8) is 0 Å². The van der Waals surface area contributed by atoms with E-state index in [-0.39, 0.29) is 23.3 Å². The Morgan fingerprint density at radius 1 is 1.36 bits per heavy atom. The minimum absolute atomic E-state index is 0.0135. The number of methoxy groups -OCH3 is 1. The number of nitrogens with zero attached hydrogens (tertiary/aromatic N) is 2. The van der Waals surface area contributed by atoms with Crippen molar-refractivity contribution in [1.82, 2.24) is 4.65 Å². The SMILES string of the molecule is COc1c(N2C[C@@H](C)C[C@H](N)C2)ccc2c1[N+]([O-])(C1CC1)C=C(C(=O)O)C2=O. The Balaban J connectivity index is 1.89. The number of carbonyl (C=O) groups is 2. The van der Waals surface area contributed by atoms with Gasteiger partial charge in [0.25, 0.3) is 0 Å². The van der Waals surface area contributed by atoms with Gasteiger partial charge in [-0.3, -0.25) is 9.44 Å². The van der Waals surface area contributed by atoms with Crippen LogP contribution in [0.2, 0.25) is 0 Å². The predicted octanol–water partition coefficient (Wildman–Crippen LogP) is 2.00. The molecule has 3 aliphatic rings. The topological polar surface area (TPSA) is 116 Å². The van der Waals surface area contributed by atoms with Gasteiger partial charge in [0, 0.05) is 32.0 Å². The van der Waals surface area contributed by atoms with E-state index in [1.807, 2.05) is 0 Å². The summed E-state index contributed by atoms with van der Waals surface area (Å²) in [5.41, 5.74) is 6.76. The van der Waals surface area contributed by atoms with Crippen LogP contribution in [0.25, 0.3) is 0 Å². The van der Waals surface area contributed by atoms with Crippen molar-refractivity contribution in [3.05, 3.63) is 34.7 Å². The maximum atomic E-state index is 13.8. The number of anilines is 1. The van der Waals surface area contributed by atoms with Gasteiger partial charge in [-0.25, -0.2) is 4.79 Å². The molecule has 150 valence electrons. The molecule has 1 aromatic carbocycles. The minimum atomic E-state index is -1.38. The van der Waals surface area contributed by atoms with E-state index in [2.05, 4.69) is 11.8 Å². The highest BCUT2D eigenvalue weighted by Gasteiger charge is 2.49. The number of hydroxylamine groups is 2. The van der Waals surface area contributed by atoms with Gasteiger partial charge in [0.2, 0.25) is 11.5 Å². The van der Waals surface area contributed by atoms with Gasteiger partial charge in [0.15, 0.2) is 11.3 Å². The first-order valence-electron chi connectivity index (χ1n) is 9.58. The van der Waals surface area contributed by atoms with Crippen molar-refractivity contribution in [3.8, 4) is 5.75 Å². The molecule has 1 saturated heterocycles. The summed E-state index contributed by atoms with van der Waals surface area (Å²) >= 11 is 0. The van der Waals surface area contributed by atoms with Gasteiger partial charge in [-0.15, -0.1) is 0 Å². The molecule has 3 N–H and O–H groups in total. The van der Waals surface area contributed by atoms with Gasteiger partial charge in [-0.1, -0.05) is 6.92 Å². The number of ketones is 1. The molecular formula is C20H25N3O5. The number of hydrogen-bond acceptors (Lipinski definition) is 6. The molecule has 1 aliphatic carbocycles. The molecule has 2 aliphatic heterocycles. The zero-order valence-electron chi connectivity index (χ0n) is 16.1. The van der Waals surface area contributed by atoms with Gasteiger partial charge in [-0.2, -0.15) is 0 Å². The third-order valence-corrected chi connectivity index (χ3v) is 5.83. The van der Waals surface area contributed by atoms with Crippen LogP contribution >= 0.6 is 0 Å². The third kappa shape index (κ3) is 2.88. The first-order valence-corrected chi connectivity index (χ1v) is 9.58. The number of hydrogen-bond donors (Lipinski definition) is 2. The van der Waals surface area contributed by atoms with Crippen molar-refractivity contribution in [2.24, 2.45) is 11.7 Å². The second-order valence-corrected chi connectivity index (χ2v) is 8.14. The summed E-state index contributed by atoms with van der Waals surface area (Å²) in [5.74, 6) is -1.30. The Bertz CT molecular complexity index is 869. The number of fused-ring (bicyclic) bond motifs is 1. The Morgan fingerprint density at radius 2 is 2.07 bits per heavy atom. The second kappa shape index (κ2) is 6.58. The van der Waals surface area contributed by atoms with E-state index < -0.39 is 22.0 Å². The number of carbonyl (C=O) groups excluding carboxylic acids is 1. The predicted molar refractivity (Wildman–Crippen MR) is 105 cm³/mol. The van der Waals surface area contributed by atoms with E-state index in [1.165, 1.54) is 7.11 Å². The smallest absolute Gasteiger partial charge is 0.345 e. The fourth-order valence-electron chi connectivity index (χ4n) is 4.50. The summed E-state index contributed by atoms with van der Waals surface area (Å²) in [4.78, 5) is 26.4. The quantitative estimate of drug-likeness (QED) is 0.461. The molecule has 1 aromatic rings. The first-order chi connectivity index (χ1) is 13.3. The van der Waals surface area contributed by atoms with Crippen LogP contribution in [0.15, 0.2) is 23.9 Å². The van der Waals surface area contributed by atoms with Gasteiger partial charge >= 0.3 is 5.97 Å². The van der Waals surface area contributed by atoms with E-state index in [4.69, 9.17) is 10.5 Å². The molecule has 3 atom stereocenters. The number of ether oxygens (including phenoxy) is 1. The fraction of sp³-hybridized carbons (Fsp3) is 0.500. The molecule has 0 bridgehead atoms. The van der Waals surface area contributed by atoms with Crippen molar-refractivity contribution < 1.29 is 19.4 Å². The van der Waals surface area contributed by atoms with E-state index >= 15 is 0 Å². The van der Waals surface area contributed by atoms with Crippen LogP contribution in [0.3, 0.4) is 0 Å². The second-order valence-electron chi connectivity index (χ2n) is 8.14. The lowest BCUT2D eigenvalue weighted by Gasteiger charge is -2.44. The highest BCUT2D eigenvalue weighted by atomic mass is 16.6. The number of carboxylic acid groups (broad SMARTS) is 1. The number of benzene rings is 1. The molecular weight excluding hydrogens is 362 g/mol. The van der Waals surface area contributed by atoms with Gasteiger partial charge in [0.1, 0.15) is 6.20 Å². The zero-order chi connectivity index (χ0) is 20.2. The number of piperidine rings is 1. The third-order valence-electron chi connectivity index (χ3n) is 5.83. The van der Waals surface area contributed by atoms with Crippen LogP contribution < -0.4 is 20.0 Å². The molecule has 0 amide bonds. The lowest BCUT2D eigenvalue weighted by molar-refractivity contribution is -0.132. The van der Waals surface area contributed by atoms with Gasteiger partial charge in [-0.05, 0) is 24.5 Å². The molecule has 2 fully saturated rings. The highest BCUT2D eigenvalue weighted by Crippen LogP contribution is 2.52. The summed E-state index contributed by atoms with van der Waals surface area (Å²) in [7, 11) is 1.48. The number of aliphatic carboxylic acids is 1. The minimum Gasteiger partial charge on any atom is -0.622 e. The van der Waals surface area contributed by atoms with Crippen LogP contribution in [-0.2, 0) is 4.79 Å². The average Bonchev–Trinajstić information content (AvgIpc) is 3.48. The van der Waals surface area contributed by atoms with E-state index in [0.717, 1.165) is 24.9 Å². The summed E-state index contributed by atoms with van der Waals surface area (Å²) in [5, 5.41) is 23.3. The number of Topliss-reactive ketones (excluding diaryl/α,β-unsaturated/α-hetero) is 1. The molecule has 0 aromatic heterocycles. The van der Waals surface area contributed by atoms with Crippen molar-refractivity contribution in [2.45, 2.75) is 38.3 Å². The maximum absolute atomic E-state index is 13.8. The van der Waals surface area contributed by atoms with Crippen molar-refractivity contribution >= 4 is 23.1 Å². The van der Waals surface area contributed by atoms with Crippen LogP contribution in [0, 0.1) is 11.1 Å². The fourth-order valence-corrected chi connectivity index (χ4v) is 4.50.